The van der Waals surface area contributed by atoms with Crippen molar-refractivity contribution in [2.75, 3.05) is 43.5 Å². The molecule has 0 saturated carbocycles. The summed E-state index contributed by atoms with van der Waals surface area (Å²) in [4.78, 5) is 21.0. The van der Waals surface area contributed by atoms with Gasteiger partial charge in [-0.05, 0) is 24.3 Å². The van der Waals surface area contributed by atoms with Crippen molar-refractivity contribution in [3.8, 4) is 5.75 Å². The van der Waals surface area contributed by atoms with Gasteiger partial charge in [-0.1, -0.05) is 6.07 Å². The van der Waals surface area contributed by atoms with Crippen LogP contribution in [0.15, 0.2) is 42.7 Å². The monoisotopic (exact) mass is 352 g/mol. The number of amides is 2. The topological polar surface area (TPSA) is 86.4 Å². The zero-order valence-corrected chi connectivity index (χ0v) is 14.5. The second-order valence-corrected chi connectivity index (χ2v) is 6.07. The lowest BCUT2D eigenvalue weighted by atomic mass is 10.2. The summed E-state index contributed by atoms with van der Waals surface area (Å²) in [5, 5.41) is 10.8. The second kappa shape index (κ2) is 6.91. The van der Waals surface area contributed by atoms with E-state index in [1.165, 1.54) is 0 Å². The zero-order valence-electron chi connectivity index (χ0n) is 14.5. The number of aromatic nitrogens is 3. The van der Waals surface area contributed by atoms with Gasteiger partial charge in [0.05, 0.1) is 24.5 Å². The van der Waals surface area contributed by atoms with Gasteiger partial charge in [0, 0.05) is 37.8 Å². The van der Waals surface area contributed by atoms with Crippen LogP contribution in [-0.4, -0.2) is 59.4 Å². The van der Waals surface area contributed by atoms with Gasteiger partial charge in [0.15, 0.2) is 11.6 Å². The van der Waals surface area contributed by atoms with E-state index in [2.05, 4.69) is 25.4 Å². The first kappa shape index (κ1) is 16.2. The number of hydrogen-bond acceptors (Lipinski definition) is 5. The normalized spacial score (nSPS) is 14.5. The molecule has 0 spiro atoms. The van der Waals surface area contributed by atoms with Crippen LogP contribution in [0, 0.1) is 0 Å². The Morgan fingerprint density at radius 3 is 2.85 bits per heavy atom. The van der Waals surface area contributed by atoms with E-state index in [4.69, 9.17) is 4.74 Å². The van der Waals surface area contributed by atoms with Crippen molar-refractivity contribution in [3.05, 3.63) is 42.7 Å². The number of nitrogens with zero attached hydrogens (tertiary/aromatic N) is 4. The predicted octanol–water partition coefficient (Wildman–Crippen LogP) is 2.32. The molecule has 0 atom stereocenters. The first-order valence-electron chi connectivity index (χ1n) is 8.48. The Bertz CT molecular complexity index is 917. The third-order valence-corrected chi connectivity index (χ3v) is 4.56. The number of aromatic amines is 1. The van der Waals surface area contributed by atoms with E-state index in [1.807, 2.05) is 35.2 Å². The first-order chi connectivity index (χ1) is 12.8. The van der Waals surface area contributed by atoms with Crippen LogP contribution in [0.4, 0.5) is 16.3 Å². The molecule has 0 radical (unpaired) electrons. The van der Waals surface area contributed by atoms with Crippen molar-refractivity contribution in [3.63, 3.8) is 0 Å². The molecule has 3 heterocycles. The minimum absolute atomic E-state index is 0.105. The van der Waals surface area contributed by atoms with Crippen LogP contribution in [0.3, 0.4) is 0 Å². The molecule has 1 aliphatic heterocycles. The average Bonchev–Trinajstić information content (AvgIpc) is 3.18. The maximum atomic E-state index is 12.6. The van der Waals surface area contributed by atoms with E-state index < -0.39 is 0 Å². The molecule has 0 bridgehead atoms. The van der Waals surface area contributed by atoms with Gasteiger partial charge >= 0.3 is 6.03 Å². The number of rotatable bonds is 3. The highest BCUT2D eigenvalue weighted by molar-refractivity contribution is 6.00. The van der Waals surface area contributed by atoms with Crippen molar-refractivity contribution in [1.29, 1.82) is 0 Å². The summed E-state index contributed by atoms with van der Waals surface area (Å²) in [5.74, 6) is 1.57. The molecule has 0 aliphatic carbocycles. The minimum Gasteiger partial charge on any atom is -0.493 e. The lowest BCUT2D eigenvalue weighted by Gasteiger charge is -2.35. The summed E-state index contributed by atoms with van der Waals surface area (Å²) >= 11 is 0. The van der Waals surface area contributed by atoms with E-state index in [9.17, 15) is 4.79 Å². The van der Waals surface area contributed by atoms with Crippen LogP contribution in [0.1, 0.15) is 0 Å². The summed E-state index contributed by atoms with van der Waals surface area (Å²) in [6.07, 6.45) is 3.47. The van der Waals surface area contributed by atoms with Gasteiger partial charge in [-0.3, -0.25) is 5.10 Å². The Balaban J connectivity index is 1.41. The molecular weight excluding hydrogens is 332 g/mol. The smallest absolute Gasteiger partial charge is 0.321 e. The van der Waals surface area contributed by atoms with E-state index >= 15 is 0 Å². The molecule has 1 aliphatic rings. The van der Waals surface area contributed by atoms with Crippen molar-refractivity contribution >= 4 is 28.4 Å². The van der Waals surface area contributed by atoms with Gasteiger partial charge in [0.25, 0.3) is 0 Å². The molecule has 3 aromatic rings. The Kier molecular flexibility index (Phi) is 4.30. The summed E-state index contributed by atoms with van der Waals surface area (Å²) in [6.45, 7) is 2.65. The molecule has 134 valence electrons. The second-order valence-electron chi connectivity index (χ2n) is 6.07. The van der Waals surface area contributed by atoms with Crippen LogP contribution >= 0.6 is 0 Å². The van der Waals surface area contributed by atoms with Gasteiger partial charge < -0.3 is 19.9 Å². The average molecular weight is 352 g/mol. The van der Waals surface area contributed by atoms with E-state index in [-0.39, 0.29) is 6.03 Å². The number of methoxy groups -OCH3 is 1. The highest BCUT2D eigenvalue weighted by atomic mass is 16.5. The van der Waals surface area contributed by atoms with E-state index in [0.29, 0.717) is 26.2 Å². The summed E-state index contributed by atoms with van der Waals surface area (Å²) < 4.78 is 5.38. The number of urea groups is 1. The van der Waals surface area contributed by atoms with Gasteiger partial charge in [-0.2, -0.15) is 5.10 Å². The number of hydrogen-bond donors (Lipinski definition) is 2. The molecule has 1 saturated heterocycles. The fourth-order valence-corrected chi connectivity index (χ4v) is 3.17. The molecule has 2 N–H and O–H groups in total. The fourth-order valence-electron chi connectivity index (χ4n) is 3.17. The molecule has 1 aromatic carbocycles. The number of pyridine rings is 1. The van der Waals surface area contributed by atoms with Gasteiger partial charge in [0.1, 0.15) is 0 Å². The molecular formula is C18H20N6O2. The Hall–Kier alpha value is -3.29. The third-order valence-electron chi connectivity index (χ3n) is 4.56. The predicted molar refractivity (Wildman–Crippen MR) is 99.7 cm³/mol. The number of anilines is 2. The third kappa shape index (κ3) is 3.01. The molecule has 2 aromatic heterocycles. The fraction of sp³-hybridized carbons (Fsp3) is 0.278. The SMILES string of the molecule is COc1cccnc1N1CCN(C(=O)Nc2cccc3[nH]ncc23)CC1. The molecule has 26 heavy (non-hydrogen) atoms. The number of carbonyl (C=O) groups excluding carboxylic acids is 1. The van der Waals surface area contributed by atoms with Crippen LogP contribution in [0.25, 0.3) is 10.9 Å². The molecule has 1 fully saturated rings. The number of fused-ring (bicyclic) bond motifs is 1. The minimum atomic E-state index is -0.105. The first-order valence-corrected chi connectivity index (χ1v) is 8.48. The highest BCUT2D eigenvalue weighted by Crippen LogP contribution is 2.26. The van der Waals surface area contributed by atoms with Crippen molar-refractivity contribution in [1.82, 2.24) is 20.1 Å². The largest absolute Gasteiger partial charge is 0.493 e. The summed E-state index contributed by atoms with van der Waals surface area (Å²) in [7, 11) is 1.64. The van der Waals surface area contributed by atoms with Crippen molar-refractivity contribution in [2.24, 2.45) is 0 Å². The van der Waals surface area contributed by atoms with Crippen LogP contribution in [0.5, 0.6) is 5.75 Å². The van der Waals surface area contributed by atoms with Crippen molar-refractivity contribution in [2.45, 2.75) is 0 Å². The molecule has 8 heteroatoms. The Morgan fingerprint density at radius 1 is 1.19 bits per heavy atom. The van der Waals surface area contributed by atoms with E-state index in [1.54, 1.807) is 19.5 Å². The quantitative estimate of drug-likeness (QED) is 0.755. The highest BCUT2D eigenvalue weighted by Gasteiger charge is 2.24. The number of benzene rings is 1. The van der Waals surface area contributed by atoms with Crippen LogP contribution < -0.4 is 15.0 Å². The standard InChI is InChI=1S/C18H20N6O2/c1-26-16-6-3-7-19-17(16)23-8-10-24(11-9-23)18(25)21-14-4-2-5-15-13(14)12-20-22-15/h2-7,12H,8-11H2,1H3,(H,20,22)(H,21,25). The Labute approximate surface area is 150 Å². The van der Waals surface area contributed by atoms with Crippen LogP contribution in [-0.2, 0) is 0 Å². The summed E-state index contributed by atoms with van der Waals surface area (Å²) in [6, 6.07) is 9.34. The maximum Gasteiger partial charge on any atom is 0.321 e. The lowest BCUT2D eigenvalue weighted by molar-refractivity contribution is 0.208. The maximum absolute atomic E-state index is 12.6. The number of nitrogens with one attached hydrogen (secondary N) is 2. The van der Waals surface area contributed by atoms with Gasteiger partial charge in [0.2, 0.25) is 0 Å². The molecule has 8 nitrogen and oxygen atoms in total. The van der Waals surface area contributed by atoms with Crippen LogP contribution in [0.2, 0.25) is 0 Å². The lowest BCUT2D eigenvalue weighted by Crippen LogP contribution is -2.50. The van der Waals surface area contributed by atoms with E-state index in [0.717, 1.165) is 28.2 Å². The van der Waals surface area contributed by atoms with Crippen molar-refractivity contribution < 1.29 is 9.53 Å². The zero-order chi connectivity index (χ0) is 17.9. The number of piperazine rings is 1. The molecule has 0 unspecified atom stereocenters. The van der Waals surface area contributed by atoms with Gasteiger partial charge in [-0.25, -0.2) is 9.78 Å². The Morgan fingerprint density at radius 2 is 2.04 bits per heavy atom. The number of ether oxygens (including phenoxy) is 1. The number of carbonyl (C=O) groups is 1. The molecule has 2 amide bonds. The van der Waals surface area contributed by atoms with Gasteiger partial charge in [-0.15, -0.1) is 0 Å². The molecule has 4 rings (SSSR count). The number of H-pyrrole nitrogens is 1. The summed E-state index contributed by atoms with van der Waals surface area (Å²) in [5.41, 5.74) is 1.66.